The Hall–Kier alpha value is -2.98. The third kappa shape index (κ3) is 2.20. The van der Waals surface area contributed by atoms with Crippen molar-refractivity contribution >= 4 is 27.5 Å². The Morgan fingerprint density at radius 3 is 2.38 bits per heavy atom. The maximum absolute atomic E-state index is 9.48. The molecule has 24 heavy (non-hydrogen) atoms. The minimum Gasteiger partial charge on any atom is -0.508 e. The summed E-state index contributed by atoms with van der Waals surface area (Å²) in [7, 11) is 0. The van der Waals surface area contributed by atoms with Crippen molar-refractivity contribution in [2.45, 2.75) is 6.54 Å². The fraction of sp³-hybridized carbons (Fsp3) is 0.100. The molecule has 0 radical (unpaired) electrons. The molecule has 0 atom stereocenters. The van der Waals surface area contributed by atoms with Crippen LogP contribution in [0.3, 0.4) is 0 Å². The van der Waals surface area contributed by atoms with E-state index < -0.39 is 0 Å². The number of aromatic nitrogens is 1. The fourth-order valence-electron chi connectivity index (χ4n) is 3.37. The number of phenols is 1. The van der Waals surface area contributed by atoms with Crippen molar-refractivity contribution in [3.05, 3.63) is 60.7 Å². The van der Waals surface area contributed by atoms with Gasteiger partial charge < -0.3 is 20.5 Å². The Bertz CT molecular complexity index is 1030. The van der Waals surface area contributed by atoms with E-state index in [1.807, 2.05) is 36.4 Å². The third-order valence-corrected chi connectivity index (χ3v) is 4.43. The summed E-state index contributed by atoms with van der Waals surface area (Å²) in [6.07, 6.45) is 0. The lowest BCUT2D eigenvalue weighted by molar-refractivity contribution is 0.280. The number of nitrogens with two attached hydrogens (primary N) is 1. The Morgan fingerprint density at radius 2 is 1.62 bits per heavy atom. The van der Waals surface area contributed by atoms with Crippen molar-refractivity contribution < 1.29 is 10.2 Å². The molecule has 0 aliphatic rings. The van der Waals surface area contributed by atoms with Gasteiger partial charge in [0.05, 0.1) is 12.1 Å². The van der Waals surface area contributed by atoms with Gasteiger partial charge in [-0.2, -0.15) is 0 Å². The van der Waals surface area contributed by atoms with Crippen molar-refractivity contribution in [2.75, 3.05) is 12.3 Å². The van der Waals surface area contributed by atoms with E-state index in [-0.39, 0.29) is 12.4 Å². The molecule has 4 N–H and O–H groups in total. The molecule has 4 rings (SSSR count). The van der Waals surface area contributed by atoms with Gasteiger partial charge in [-0.25, -0.2) is 0 Å². The second-order valence-electron chi connectivity index (χ2n) is 5.90. The van der Waals surface area contributed by atoms with Crippen LogP contribution in [0, 0.1) is 0 Å². The van der Waals surface area contributed by atoms with Crippen LogP contribution in [0.1, 0.15) is 0 Å². The molecular formula is C20H18N2O2. The van der Waals surface area contributed by atoms with E-state index in [4.69, 9.17) is 5.73 Å². The second kappa shape index (κ2) is 5.58. The molecule has 4 nitrogen and oxygen atoms in total. The Labute approximate surface area is 139 Å². The zero-order chi connectivity index (χ0) is 16.7. The molecule has 0 aliphatic heterocycles. The van der Waals surface area contributed by atoms with E-state index in [9.17, 15) is 10.2 Å². The van der Waals surface area contributed by atoms with Crippen LogP contribution < -0.4 is 5.73 Å². The van der Waals surface area contributed by atoms with Gasteiger partial charge in [-0.15, -0.1) is 0 Å². The normalized spacial score (nSPS) is 11.4. The largest absolute Gasteiger partial charge is 0.508 e. The average Bonchev–Trinajstić information content (AvgIpc) is 2.91. The van der Waals surface area contributed by atoms with E-state index in [0.29, 0.717) is 12.2 Å². The molecule has 1 aromatic heterocycles. The average molecular weight is 318 g/mol. The number of aliphatic hydroxyl groups is 1. The summed E-state index contributed by atoms with van der Waals surface area (Å²) in [6, 6.07) is 19.2. The van der Waals surface area contributed by atoms with Gasteiger partial charge in [0, 0.05) is 28.5 Å². The summed E-state index contributed by atoms with van der Waals surface area (Å²) >= 11 is 0. The number of aliphatic hydroxyl groups excluding tert-OH is 1. The predicted octanol–water partition coefficient (Wildman–Crippen LogP) is 3.74. The zero-order valence-corrected chi connectivity index (χ0v) is 13.1. The first-order chi connectivity index (χ1) is 11.7. The SMILES string of the molecule is Nc1cc(-c2ccc(O)cc2)cc2c1c1ccccc1n2CCO. The molecular weight excluding hydrogens is 300 g/mol. The molecule has 3 aromatic carbocycles. The topological polar surface area (TPSA) is 71.4 Å². The first kappa shape index (κ1) is 14.6. The van der Waals surface area contributed by atoms with Crippen LogP contribution >= 0.6 is 0 Å². The molecule has 0 bridgehead atoms. The van der Waals surface area contributed by atoms with Crippen LogP contribution in [-0.2, 0) is 6.54 Å². The van der Waals surface area contributed by atoms with Crippen molar-refractivity contribution in [1.29, 1.82) is 0 Å². The molecule has 0 saturated carbocycles. The molecule has 4 aromatic rings. The predicted molar refractivity (Wildman–Crippen MR) is 98.0 cm³/mol. The highest BCUT2D eigenvalue weighted by Crippen LogP contribution is 2.36. The Morgan fingerprint density at radius 1 is 0.875 bits per heavy atom. The number of para-hydroxylation sites is 1. The van der Waals surface area contributed by atoms with Gasteiger partial charge in [0.15, 0.2) is 0 Å². The number of anilines is 1. The van der Waals surface area contributed by atoms with Crippen LogP contribution in [-0.4, -0.2) is 21.4 Å². The van der Waals surface area contributed by atoms with Crippen LogP contribution in [0.25, 0.3) is 32.9 Å². The maximum Gasteiger partial charge on any atom is 0.115 e. The van der Waals surface area contributed by atoms with E-state index in [2.05, 4.69) is 16.7 Å². The van der Waals surface area contributed by atoms with E-state index >= 15 is 0 Å². The van der Waals surface area contributed by atoms with Crippen molar-refractivity contribution in [2.24, 2.45) is 0 Å². The van der Waals surface area contributed by atoms with E-state index in [1.54, 1.807) is 12.1 Å². The summed E-state index contributed by atoms with van der Waals surface area (Å²) in [5.41, 5.74) is 11.1. The third-order valence-electron chi connectivity index (χ3n) is 4.43. The molecule has 0 amide bonds. The monoisotopic (exact) mass is 318 g/mol. The maximum atomic E-state index is 9.48. The summed E-state index contributed by atoms with van der Waals surface area (Å²) in [5, 5.41) is 21.1. The molecule has 0 fully saturated rings. The smallest absolute Gasteiger partial charge is 0.115 e. The molecule has 0 unspecified atom stereocenters. The van der Waals surface area contributed by atoms with Crippen LogP contribution in [0.5, 0.6) is 5.75 Å². The van der Waals surface area contributed by atoms with Crippen molar-refractivity contribution in [3.63, 3.8) is 0 Å². The number of hydrogen-bond donors (Lipinski definition) is 3. The molecule has 4 heteroatoms. The highest BCUT2D eigenvalue weighted by molar-refractivity contribution is 6.14. The van der Waals surface area contributed by atoms with Gasteiger partial charge >= 0.3 is 0 Å². The van der Waals surface area contributed by atoms with Crippen LogP contribution in [0.4, 0.5) is 5.69 Å². The molecule has 1 heterocycles. The summed E-state index contributed by atoms with van der Waals surface area (Å²) < 4.78 is 2.10. The number of nitrogen functional groups attached to an aromatic ring is 1. The van der Waals surface area contributed by atoms with Gasteiger partial charge in [0.2, 0.25) is 0 Å². The lowest BCUT2D eigenvalue weighted by Gasteiger charge is -2.09. The quantitative estimate of drug-likeness (QED) is 0.504. The number of hydrogen-bond acceptors (Lipinski definition) is 3. The van der Waals surface area contributed by atoms with E-state index in [1.165, 1.54) is 0 Å². The molecule has 0 spiro atoms. The number of fused-ring (bicyclic) bond motifs is 3. The second-order valence-corrected chi connectivity index (χ2v) is 5.90. The number of aromatic hydroxyl groups is 1. The lowest BCUT2D eigenvalue weighted by Crippen LogP contribution is -2.01. The van der Waals surface area contributed by atoms with Crippen LogP contribution in [0.2, 0.25) is 0 Å². The minimum absolute atomic E-state index is 0.0666. The van der Waals surface area contributed by atoms with Gasteiger partial charge in [-0.3, -0.25) is 0 Å². The van der Waals surface area contributed by atoms with Crippen molar-refractivity contribution in [3.8, 4) is 16.9 Å². The number of benzene rings is 3. The van der Waals surface area contributed by atoms with Crippen molar-refractivity contribution in [1.82, 2.24) is 4.57 Å². The summed E-state index contributed by atoms with van der Waals surface area (Å²) in [5.74, 6) is 0.238. The zero-order valence-electron chi connectivity index (χ0n) is 13.1. The summed E-state index contributed by atoms with van der Waals surface area (Å²) in [4.78, 5) is 0. The molecule has 0 saturated heterocycles. The molecule has 120 valence electrons. The number of rotatable bonds is 3. The molecule has 0 aliphatic carbocycles. The highest BCUT2D eigenvalue weighted by Gasteiger charge is 2.14. The Balaban J connectivity index is 2.05. The standard InChI is InChI=1S/C20H18N2O2/c21-17-11-14(13-5-7-15(24)8-6-13)12-19-20(17)16-3-1-2-4-18(16)22(19)9-10-23/h1-8,11-12,23-24H,9-10,21H2. The van der Waals surface area contributed by atoms with Gasteiger partial charge in [-0.1, -0.05) is 30.3 Å². The Kier molecular flexibility index (Phi) is 3.40. The number of phenolic OH excluding ortho intramolecular Hbond substituents is 1. The lowest BCUT2D eigenvalue weighted by atomic mass is 10.0. The first-order valence-electron chi connectivity index (χ1n) is 7.90. The van der Waals surface area contributed by atoms with Crippen LogP contribution in [0.15, 0.2) is 60.7 Å². The highest BCUT2D eigenvalue weighted by atomic mass is 16.3. The van der Waals surface area contributed by atoms with Gasteiger partial charge in [0.1, 0.15) is 5.75 Å². The van der Waals surface area contributed by atoms with Gasteiger partial charge in [0.25, 0.3) is 0 Å². The fourth-order valence-corrected chi connectivity index (χ4v) is 3.37. The summed E-state index contributed by atoms with van der Waals surface area (Å²) in [6.45, 7) is 0.583. The van der Waals surface area contributed by atoms with Gasteiger partial charge in [-0.05, 0) is 41.5 Å². The minimum atomic E-state index is 0.0666. The first-order valence-corrected chi connectivity index (χ1v) is 7.90. The number of nitrogens with zero attached hydrogens (tertiary/aromatic N) is 1. The van der Waals surface area contributed by atoms with E-state index in [0.717, 1.165) is 32.9 Å².